The van der Waals surface area contributed by atoms with E-state index in [2.05, 4.69) is 5.32 Å². The van der Waals surface area contributed by atoms with Crippen molar-refractivity contribution in [1.82, 2.24) is 9.88 Å². The molecule has 1 heterocycles. The van der Waals surface area contributed by atoms with Crippen LogP contribution >= 0.6 is 0 Å². The van der Waals surface area contributed by atoms with Crippen LogP contribution in [0.25, 0.3) is 0 Å². The second-order valence-electron chi connectivity index (χ2n) is 5.86. The normalized spacial score (nSPS) is 11.6. The Morgan fingerprint density at radius 3 is 2.48 bits per heavy atom. The summed E-state index contributed by atoms with van der Waals surface area (Å²) in [7, 11) is 1.65. The molecule has 132 valence electrons. The molecule has 0 saturated carbocycles. The number of nitrogens with one attached hydrogen (secondary N) is 1. The summed E-state index contributed by atoms with van der Waals surface area (Å²) >= 11 is 0. The molecule has 1 amide bonds. The molecule has 0 bridgehead atoms. The third kappa shape index (κ3) is 5.04. The van der Waals surface area contributed by atoms with E-state index in [-0.39, 0.29) is 17.4 Å². The summed E-state index contributed by atoms with van der Waals surface area (Å²) in [5.41, 5.74) is 1.77. The zero-order valence-electron chi connectivity index (χ0n) is 14.6. The van der Waals surface area contributed by atoms with E-state index in [0.29, 0.717) is 18.5 Å². The van der Waals surface area contributed by atoms with E-state index in [1.807, 2.05) is 30.3 Å². The van der Waals surface area contributed by atoms with Gasteiger partial charge in [0.05, 0.1) is 0 Å². The summed E-state index contributed by atoms with van der Waals surface area (Å²) in [5, 5.41) is 2.75. The van der Waals surface area contributed by atoms with Crippen molar-refractivity contribution in [3.8, 4) is 0 Å². The predicted molar refractivity (Wildman–Crippen MR) is 93.5 cm³/mol. The Labute approximate surface area is 146 Å². The number of carbonyl (C=O) groups excluding carboxylic acids is 3. The first-order valence-corrected chi connectivity index (χ1v) is 8.08. The van der Waals surface area contributed by atoms with Crippen LogP contribution in [0.4, 0.5) is 0 Å². The molecular formula is C19H22N2O4. The lowest BCUT2D eigenvalue weighted by Gasteiger charge is -2.13. The largest absolute Gasteiger partial charge is 0.448 e. The number of aromatic nitrogens is 1. The minimum absolute atomic E-state index is 0.138. The van der Waals surface area contributed by atoms with Crippen molar-refractivity contribution < 1.29 is 19.1 Å². The fourth-order valence-corrected chi connectivity index (χ4v) is 2.35. The summed E-state index contributed by atoms with van der Waals surface area (Å²) in [6.07, 6.45) is 1.34. The number of aryl methyl sites for hydroxylation is 1. The van der Waals surface area contributed by atoms with Crippen LogP contribution in [0.15, 0.2) is 42.6 Å². The number of hydrogen-bond acceptors (Lipinski definition) is 4. The van der Waals surface area contributed by atoms with Gasteiger partial charge in [0.25, 0.3) is 5.91 Å². The summed E-state index contributed by atoms with van der Waals surface area (Å²) in [6.45, 7) is 3.40. The Morgan fingerprint density at radius 2 is 1.88 bits per heavy atom. The number of esters is 1. The van der Waals surface area contributed by atoms with Gasteiger partial charge in [-0.25, -0.2) is 4.79 Å². The molecule has 0 fully saturated rings. The van der Waals surface area contributed by atoms with E-state index in [9.17, 15) is 14.4 Å². The van der Waals surface area contributed by atoms with Crippen LogP contribution in [0, 0.1) is 0 Å². The van der Waals surface area contributed by atoms with Gasteiger partial charge in [0, 0.05) is 25.4 Å². The lowest BCUT2D eigenvalue weighted by Crippen LogP contribution is -2.37. The van der Waals surface area contributed by atoms with Gasteiger partial charge in [-0.05, 0) is 31.9 Å². The third-order valence-electron chi connectivity index (χ3n) is 3.83. The first kappa shape index (κ1) is 18.4. The van der Waals surface area contributed by atoms with Gasteiger partial charge in [-0.2, -0.15) is 0 Å². The molecule has 1 aromatic heterocycles. The molecule has 1 atom stereocenters. The van der Waals surface area contributed by atoms with E-state index < -0.39 is 12.1 Å². The zero-order chi connectivity index (χ0) is 18.4. The van der Waals surface area contributed by atoms with Crippen molar-refractivity contribution in [2.24, 2.45) is 7.05 Å². The van der Waals surface area contributed by atoms with Gasteiger partial charge < -0.3 is 14.6 Å². The lowest BCUT2D eigenvalue weighted by atomic mass is 10.1. The third-order valence-corrected chi connectivity index (χ3v) is 3.83. The predicted octanol–water partition coefficient (Wildman–Crippen LogP) is 2.13. The van der Waals surface area contributed by atoms with Crippen LogP contribution in [-0.2, 0) is 23.0 Å². The number of ether oxygens (including phenoxy) is 1. The highest BCUT2D eigenvalue weighted by molar-refractivity contribution is 5.98. The SMILES string of the molecule is CC(=O)c1cc(C(=O)O[C@@H](C)C(=O)NCCc2ccccc2)n(C)c1. The molecule has 25 heavy (non-hydrogen) atoms. The van der Waals surface area contributed by atoms with Crippen molar-refractivity contribution in [2.45, 2.75) is 26.4 Å². The van der Waals surface area contributed by atoms with Crippen LogP contribution in [0.5, 0.6) is 0 Å². The van der Waals surface area contributed by atoms with E-state index in [1.54, 1.807) is 13.2 Å². The molecule has 2 rings (SSSR count). The van der Waals surface area contributed by atoms with Crippen molar-refractivity contribution >= 4 is 17.7 Å². The molecule has 0 radical (unpaired) electrons. The van der Waals surface area contributed by atoms with Crippen molar-refractivity contribution in [3.05, 3.63) is 59.4 Å². The second-order valence-corrected chi connectivity index (χ2v) is 5.86. The maximum absolute atomic E-state index is 12.2. The first-order chi connectivity index (χ1) is 11.9. The molecule has 1 aromatic carbocycles. The number of benzene rings is 1. The van der Waals surface area contributed by atoms with Crippen LogP contribution < -0.4 is 5.32 Å². The molecule has 0 aliphatic carbocycles. The molecule has 0 aliphatic heterocycles. The Morgan fingerprint density at radius 1 is 1.20 bits per heavy atom. The number of rotatable bonds is 7. The Balaban J connectivity index is 1.85. The molecule has 0 saturated heterocycles. The summed E-state index contributed by atoms with van der Waals surface area (Å²) in [4.78, 5) is 35.6. The van der Waals surface area contributed by atoms with Crippen molar-refractivity contribution in [2.75, 3.05) is 6.54 Å². The van der Waals surface area contributed by atoms with Gasteiger partial charge in [-0.15, -0.1) is 0 Å². The number of Topliss-reactive ketones (excluding diaryl/α,β-unsaturated/α-hetero) is 1. The minimum atomic E-state index is -0.918. The average molecular weight is 342 g/mol. The average Bonchev–Trinajstić information content (AvgIpc) is 2.98. The highest BCUT2D eigenvalue weighted by Gasteiger charge is 2.21. The van der Waals surface area contributed by atoms with E-state index in [1.165, 1.54) is 24.5 Å². The van der Waals surface area contributed by atoms with Gasteiger partial charge in [-0.3, -0.25) is 9.59 Å². The van der Waals surface area contributed by atoms with Crippen LogP contribution in [0.2, 0.25) is 0 Å². The lowest BCUT2D eigenvalue weighted by molar-refractivity contribution is -0.129. The molecule has 1 N–H and O–H groups in total. The Bertz CT molecular complexity index is 765. The van der Waals surface area contributed by atoms with Crippen LogP contribution in [0.3, 0.4) is 0 Å². The van der Waals surface area contributed by atoms with Crippen molar-refractivity contribution in [1.29, 1.82) is 0 Å². The van der Waals surface area contributed by atoms with E-state index >= 15 is 0 Å². The zero-order valence-corrected chi connectivity index (χ0v) is 14.6. The molecule has 0 aliphatic rings. The van der Waals surface area contributed by atoms with Crippen molar-refractivity contribution in [3.63, 3.8) is 0 Å². The quantitative estimate of drug-likeness (QED) is 0.618. The van der Waals surface area contributed by atoms with Gasteiger partial charge in [-0.1, -0.05) is 30.3 Å². The fourth-order valence-electron chi connectivity index (χ4n) is 2.35. The number of carbonyl (C=O) groups is 3. The van der Waals surface area contributed by atoms with Gasteiger partial charge in [0.1, 0.15) is 5.69 Å². The van der Waals surface area contributed by atoms with E-state index in [4.69, 9.17) is 4.74 Å². The molecule has 6 heteroatoms. The van der Waals surface area contributed by atoms with E-state index in [0.717, 1.165) is 5.56 Å². The van der Waals surface area contributed by atoms with Gasteiger partial charge in [0.15, 0.2) is 11.9 Å². The minimum Gasteiger partial charge on any atom is -0.448 e. The molecular weight excluding hydrogens is 320 g/mol. The highest BCUT2D eigenvalue weighted by Crippen LogP contribution is 2.10. The van der Waals surface area contributed by atoms with Gasteiger partial charge >= 0.3 is 5.97 Å². The summed E-state index contributed by atoms with van der Waals surface area (Å²) in [5.74, 6) is -1.13. The molecule has 0 unspecified atom stereocenters. The summed E-state index contributed by atoms with van der Waals surface area (Å²) in [6, 6.07) is 11.2. The van der Waals surface area contributed by atoms with Gasteiger partial charge in [0.2, 0.25) is 0 Å². The second kappa shape index (κ2) is 8.28. The maximum Gasteiger partial charge on any atom is 0.355 e. The topological polar surface area (TPSA) is 77.4 Å². The first-order valence-electron chi connectivity index (χ1n) is 8.08. The fraction of sp³-hybridized carbons (Fsp3) is 0.316. The molecule has 6 nitrogen and oxygen atoms in total. The Hall–Kier alpha value is -2.89. The number of ketones is 1. The highest BCUT2D eigenvalue weighted by atomic mass is 16.5. The van der Waals surface area contributed by atoms with Crippen LogP contribution in [-0.4, -0.2) is 34.9 Å². The smallest absolute Gasteiger partial charge is 0.355 e. The molecule has 0 spiro atoms. The molecule has 2 aromatic rings. The number of nitrogens with zero attached hydrogens (tertiary/aromatic N) is 1. The monoisotopic (exact) mass is 342 g/mol. The van der Waals surface area contributed by atoms with Crippen LogP contribution in [0.1, 0.15) is 40.3 Å². The standard InChI is InChI=1S/C19H22N2O4/c1-13(22)16-11-17(21(3)12-16)19(24)25-14(2)18(23)20-10-9-15-7-5-4-6-8-15/h4-8,11-12,14H,9-10H2,1-3H3,(H,20,23)/t14-/m0/s1. The number of amides is 1. The Kier molecular flexibility index (Phi) is 6.11. The maximum atomic E-state index is 12.2. The summed E-state index contributed by atoms with van der Waals surface area (Å²) < 4.78 is 6.70. The number of hydrogen-bond donors (Lipinski definition) is 1.